The summed E-state index contributed by atoms with van der Waals surface area (Å²) in [6, 6.07) is 8.30. The lowest BCUT2D eigenvalue weighted by atomic mass is 9.90. The van der Waals surface area contributed by atoms with E-state index in [0.717, 1.165) is 24.2 Å². The Labute approximate surface area is 165 Å². The molecule has 4 rings (SSSR count). The summed E-state index contributed by atoms with van der Waals surface area (Å²) in [6.07, 6.45) is 3.05. The fourth-order valence-corrected chi connectivity index (χ4v) is 4.68. The van der Waals surface area contributed by atoms with Crippen molar-refractivity contribution in [2.24, 2.45) is 5.92 Å². The van der Waals surface area contributed by atoms with Crippen molar-refractivity contribution in [3.8, 4) is 0 Å². The summed E-state index contributed by atoms with van der Waals surface area (Å²) in [6.45, 7) is 1.74. The summed E-state index contributed by atoms with van der Waals surface area (Å²) in [7, 11) is 0. The van der Waals surface area contributed by atoms with Gasteiger partial charge in [0.05, 0.1) is 16.0 Å². The van der Waals surface area contributed by atoms with Gasteiger partial charge in [-0.1, -0.05) is 19.1 Å². The van der Waals surface area contributed by atoms with Crippen LogP contribution < -0.4 is 10.9 Å². The van der Waals surface area contributed by atoms with Gasteiger partial charge >= 0.3 is 0 Å². The lowest BCUT2D eigenvalue weighted by molar-refractivity contribution is -0.122. The van der Waals surface area contributed by atoms with Crippen molar-refractivity contribution < 1.29 is 19.2 Å². The molecule has 1 atom stereocenters. The minimum absolute atomic E-state index is 0.280. The second-order valence-corrected chi connectivity index (χ2v) is 8.29. The van der Waals surface area contributed by atoms with Gasteiger partial charge in [-0.2, -0.15) is 0 Å². The number of fused-ring (bicyclic) bond motifs is 2. The zero-order chi connectivity index (χ0) is 19.8. The van der Waals surface area contributed by atoms with Crippen LogP contribution in [0.1, 0.15) is 54.2 Å². The molecule has 4 amide bonds. The van der Waals surface area contributed by atoms with E-state index in [-0.39, 0.29) is 11.1 Å². The van der Waals surface area contributed by atoms with Gasteiger partial charge in [0.25, 0.3) is 23.6 Å². The number of hydrazine groups is 1. The van der Waals surface area contributed by atoms with Gasteiger partial charge in [-0.05, 0) is 48.9 Å². The molecular formula is C20H19N3O4S. The predicted molar refractivity (Wildman–Crippen MR) is 103 cm³/mol. The van der Waals surface area contributed by atoms with Gasteiger partial charge in [0.1, 0.15) is 6.54 Å². The number of nitrogens with one attached hydrogen (secondary N) is 2. The Morgan fingerprint density at radius 3 is 2.50 bits per heavy atom. The highest BCUT2D eigenvalue weighted by molar-refractivity contribution is 7.14. The number of carbonyl (C=O) groups is 4. The minimum Gasteiger partial charge on any atom is -0.271 e. The summed E-state index contributed by atoms with van der Waals surface area (Å²) in [5, 5.41) is 0. The van der Waals surface area contributed by atoms with Gasteiger partial charge in [-0.25, -0.2) is 0 Å². The third-order valence-corrected chi connectivity index (χ3v) is 6.28. The molecule has 28 heavy (non-hydrogen) atoms. The molecule has 1 aromatic heterocycles. The number of rotatable bonds is 3. The van der Waals surface area contributed by atoms with Crippen molar-refractivity contribution >= 4 is 35.0 Å². The Morgan fingerprint density at radius 2 is 1.82 bits per heavy atom. The molecule has 0 radical (unpaired) electrons. The Bertz CT molecular complexity index is 962. The Balaban J connectivity index is 1.35. The number of hydrogen-bond donors (Lipinski definition) is 2. The number of nitrogens with zero attached hydrogens (tertiary/aromatic N) is 1. The molecular weight excluding hydrogens is 378 g/mol. The van der Waals surface area contributed by atoms with E-state index in [1.807, 2.05) is 6.07 Å². The number of aryl methyl sites for hydroxylation is 1. The molecule has 0 saturated carbocycles. The standard InChI is InChI=1S/C20H19N3O4S/c1-11-6-7-15-12(8-11)9-16(28-15)18(25)22-21-17(24)10-23-19(26)13-4-2-3-5-14(13)20(23)27/h2-5,9,11H,6-8,10H2,1H3,(H,21,24)(H,22,25)/t11-/m0/s1. The second kappa shape index (κ2) is 7.20. The van der Waals surface area contributed by atoms with Crippen LogP contribution in [-0.2, 0) is 17.6 Å². The summed E-state index contributed by atoms with van der Waals surface area (Å²) >= 11 is 1.44. The monoisotopic (exact) mass is 397 g/mol. The average molecular weight is 397 g/mol. The summed E-state index contributed by atoms with van der Waals surface area (Å²) < 4.78 is 0. The molecule has 0 fully saturated rings. The highest BCUT2D eigenvalue weighted by atomic mass is 32.1. The third-order valence-electron chi connectivity index (χ3n) is 5.05. The zero-order valence-corrected chi connectivity index (χ0v) is 16.1. The van der Waals surface area contributed by atoms with Crippen LogP contribution in [0.2, 0.25) is 0 Å². The van der Waals surface area contributed by atoms with E-state index in [1.165, 1.54) is 21.8 Å². The number of thiophene rings is 1. The molecule has 1 aliphatic carbocycles. The van der Waals surface area contributed by atoms with E-state index in [1.54, 1.807) is 24.3 Å². The fourth-order valence-electron chi connectivity index (χ4n) is 3.57. The highest BCUT2D eigenvalue weighted by Crippen LogP contribution is 2.32. The number of carbonyl (C=O) groups excluding carboxylic acids is 4. The van der Waals surface area contributed by atoms with Crippen molar-refractivity contribution in [3.63, 3.8) is 0 Å². The van der Waals surface area contributed by atoms with Crippen LogP contribution in [0.25, 0.3) is 0 Å². The van der Waals surface area contributed by atoms with Crippen LogP contribution in [0.3, 0.4) is 0 Å². The van der Waals surface area contributed by atoms with Crippen molar-refractivity contribution in [2.75, 3.05) is 6.54 Å². The predicted octanol–water partition coefficient (Wildman–Crippen LogP) is 1.93. The lowest BCUT2D eigenvalue weighted by Gasteiger charge is -2.16. The second-order valence-electron chi connectivity index (χ2n) is 7.15. The van der Waals surface area contributed by atoms with E-state index in [0.29, 0.717) is 10.8 Å². The average Bonchev–Trinajstić information content (AvgIpc) is 3.21. The maximum Gasteiger partial charge on any atom is 0.279 e. The van der Waals surface area contributed by atoms with Crippen LogP contribution in [0.4, 0.5) is 0 Å². The van der Waals surface area contributed by atoms with Crippen LogP contribution in [0, 0.1) is 5.92 Å². The molecule has 7 nitrogen and oxygen atoms in total. The first-order valence-electron chi connectivity index (χ1n) is 9.10. The van der Waals surface area contributed by atoms with Gasteiger partial charge in [0, 0.05) is 4.88 Å². The molecule has 0 spiro atoms. The first-order chi connectivity index (χ1) is 13.4. The largest absolute Gasteiger partial charge is 0.279 e. The molecule has 2 N–H and O–H groups in total. The van der Waals surface area contributed by atoms with Gasteiger partial charge in [0.15, 0.2) is 0 Å². The van der Waals surface area contributed by atoms with E-state index in [2.05, 4.69) is 17.8 Å². The van der Waals surface area contributed by atoms with Crippen molar-refractivity contribution in [2.45, 2.75) is 26.2 Å². The third kappa shape index (κ3) is 3.31. The van der Waals surface area contributed by atoms with Crippen LogP contribution in [0.5, 0.6) is 0 Å². The molecule has 0 unspecified atom stereocenters. The summed E-state index contributed by atoms with van der Waals surface area (Å²) in [4.78, 5) is 51.7. The first-order valence-corrected chi connectivity index (χ1v) is 9.91. The summed E-state index contributed by atoms with van der Waals surface area (Å²) in [5.74, 6) is -1.46. The van der Waals surface area contributed by atoms with E-state index in [9.17, 15) is 19.2 Å². The van der Waals surface area contributed by atoms with Crippen LogP contribution in [0.15, 0.2) is 30.3 Å². The quantitative estimate of drug-likeness (QED) is 0.611. The molecule has 8 heteroatoms. The van der Waals surface area contributed by atoms with E-state index in [4.69, 9.17) is 0 Å². The van der Waals surface area contributed by atoms with Crippen molar-refractivity contribution in [3.05, 3.63) is 56.8 Å². The Hall–Kier alpha value is -3.00. The topological polar surface area (TPSA) is 95.6 Å². The minimum atomic E-state index is -0.641. The Morgan fingerprint density at radius 1 is 1.14 bits per heavy atom. The maximum absolute atomic E-state index is 12.3. The van der Waals surface area contributed by atoms with Gasteiger partial charge in [-0.15, -0.1) is 11.3 Å². The van der Waals surface area contributed by atoms with Gasteiger partial charge in [0.2, 0.25) is 0 Å². The normalized spacial score (nSPS) is 17.9. The number of imide groups is 1. The van der Waals surface area contributed by atoms with Crippen molar-refractivity contribution in [1.29, 1.82) is 0 Å². The maximum atomic E-state index is 12.3. The number of amides is 4. The number of hydrogen-bond acceptors (Lipinski definition) is 5. The molecule has 1 aromatic carbocycles. The lowest BCUT2D eigenvalue weighted by Crippen LogP contribution is -2.47. The van der Waals surface area contributed by atoms with Crippen molar-refractivity contribution in [1.82, 2.24) is 15.8 Å². The highest BCUT2D eigenvalue weighted by Gasteiger charge is 2.36. The summed E-state index contributed by atoms with van der Waals surface area (Å²) in [5.41, 5.74) is 6.41. The number of benzene rings is 1. The molecule has 1 aliphatic heterocycles. The molecule has 0 bridgehead atoms. The van der Waals surface area contributed by atoms with E-state index >= 15 is 0 Å². The molecule has 2 aliphatic rings. The first kappa shape index (κ1) is 18.4. The molecule has 2 aromatic rings. The van der Waals surface area contributed by atoms with Crippen LogP contribution in [-0.4, -0.2) is 35.1 Å². The van der Waals surface area contributed by atoms with Crippen LogP contribution >= 0.6 is 11.3 Å². The molecule has 144 valence electrons. The zero-order valence-electron chi connectivity index (χ0n) is 15.3. The van der Waals surface area contributed by atoms with Gasteiger partial charge in [-0.3, -0.25) is 34.9 Å². The SMILES string of the molecule is C[C@H]1CCc2sc(C(=O)NNC(=O)CN3C(=O)c4ccccc4C3=O)cc2C1. The van der Waals surface area contributed by atoms with E-state index < -0.39 is 30.2 Å². The Kier molecular flexibility index (Phi) is 4.72. The fraction of sp³-hybridized carbons (Fsp3) is 0.300. The van der Waals surface area contributed by atoms with Gasteiger partial charge < -0.3 is 0 Å². The molecule has 2 heterocycles. The molecule has 0 saturated heterocycles. The smallest absolute Gasteiger partial charge is 0.271 e.